The van der Waals surface area contributed by atoms with Gasteiger partial charge in [0.1, 0.15) is 6.54 Å². The third-order valence-corrected chi connectivity index (χ3v) is 3.55. The van der Waals surface area contributed by atoms with Crippen molar-refractivity contribution in [3.8, 4) is 0 Å². The molecule has 2 aromatic rings. The fourth-order valence-electron chi connectivity index (χ4n) is 2.39. The number of hydrogen-bond donors (Lipinski definition) is 3. The second kappa shape index (κ2) is 7.15. The minimum Gasteiger partial charge on any atom is -0.384 e. The Bertz CT molecular complexity index is 728. The lowest BCUT2D eigenvalue weighted by atomic mass is 10.1. The second-order valence-corrected chi connectivity index (χ2v) is 5.10. The number of carbonyl (C=O) groups is 2. The van der Waals surface area contributed by atoms with Gasteiger partial charge in [-0.05, 0) is 30.2 Å². The molecule has 3 rings (SSSR count). The van der Waals surface area contributed by atoms with Gasteiger partial charge in [0.2, 0.25) is 5.91 Å². The predicted octanol–water partition coefficient (Wildman–Crippen LogP) is 1.27. The number of nitrogens with one attached hydrogen (secondary N) is 3. The van der Waals surface area contributed by atoms with E-state index in [-0.39, 0.29) is 30.8 Å². The third-order valence-electron chi connectivity index (χ3n) is 3.55. The van der Waals surface area contributed by atoms with Crippen molar-refractivity contribution in [1.82, 2.24) is 15.1 Å². The molecule has 0 aliphatic carbocycles. The summed E-state index contributed by atoms with van der Waals surface area (Å²) in [7, 11) is 1.57. The van der Waals surface area contributed by atoms with Gasteiger partial charge >= 0.3 is 0 Å². The molecule has 8 heteroatoms. The van der Waals surface area contributed by atoms with Crippen molar-refractivity contribution in [2.75, 3.05) is 24.2 Å². The molecule has 0 saturated heterocycles. The van der Waals surface area contributed by atoms with Crippen LogP contribution in [-0.4, -0.2) is 35.2 Å². The van der Waals surface area contributed by atoms with Crippen LogP contribution < -0.4 is 16.0 Å². The van der Waals surface area contributed by atoms with Crippen molar-refractivity contribution in [1.29, 1.82) is 0 Å². The Morgan fingerprint density at radius 1 is 1.39 bits per heavy atom. The molecule has 1 aliphatic rings. The number of halogens is 1. The molecule has 0 atom stereocenters. The zero-order chi connectivity index (χ0) is 15.5. The fraction of sp³-hybridized carbons (Fsp3) is 0.267. The van der Waals surface area contributed by atoms with Crippen molar-refractivity contribution < 1.29 is 9.59 Å². The van der Waals surface area contributed by atoms with E-state index >= 15 is 0 Å². The van der Waals surface area contributed by atoms with E-state index in [1.54, 1.807) is 19.3 Å². The van der Waals surface area contributed by atoms with E-state index in [0.29, 0.717) is 11.3 Å². The number of nitrogens with zero attached hydrogens (tertiary/aromatic N) is 2. The lowest BCUT2D eigenvalue weighted by molar-refractivity contribution is -0.121. The van der Waals surface area contributed by atoms with Crippen molar-refractivity contribution >= 4 is 35.6 Å². The van der Waals surface area contributed by atoms with Gasteiger partial charge in [-0.3, -0.25) is 14.3 Å². The maximum absolute atomic E-state index is 12.3. The molecular formula is C15H18ClN5O2. The van der Waals surface area contributed by atoms with E-state index in [0.717, 1.165) is 24.2 Å². The molecule has 23 heavy (non-hydrogen) atoms. The van der Waals surface area contributed by atoms with E-state index in [9.17, 15) is 9.59 Å². The van der Waals surface area contributed by atoms with Crippen molar-refractivity contribution in [3.63, 3.8) is 0 Å². The second-order valence-electron chi connectivity index (χ2n) is 5.10. The molecule has 0 saturated carbocycles. The van der Waals surface area contributed by atoms with E-state index in [2.05, 4.69) is 21.0 Å². The van der Waals surface area contributed by atoms with Crippen molar-refractivity contribution in [3.05, 3.63) is 41.7 Å². The molecule has 1 aromatic carbocycles. The summed E-state index contributed by atoms with van der Waals surface area (Å²) in [5.74, 6) is -0.332. The summed E-state index contributed by atoms with van der Waals surface area (Å²) in [5.41, 5.74) is 3.42. The van der Waals surface area contributed by atoms with Gasteiger partial charge < -0.3 is 16.0 Å². The first-order valence-corrected chi connectivity index (χ1v) is 7.07. The van der Waals surface area contributed by atoms with Gasteiger partial charge in [0.15, 0.2) is 0 Å². The molecule has 2 amide bonds. The first-order valence-electron chi connectivity index (χ1n) is 7.07. The van der Waals surface area contributed by atoms with Gasteiger partial charge in [-0.25, -0.2) is 0 Å². The highest BCUT2D eigenvalue weighted by Crippen LogP contribution is 2.23. The first-order chi connectivity index (χ1) is 10.7. The van der Waals surface area contributed by atoms with Crippen molar-refractivity contribution in [2.24, 2.45) is 0 Å². The molecule has 1 aromatic heterocycles. The molecule has 1 aliphatic heterocycles. The van der Waals surface area contributed by atoms with E-state index in [1.165, 1.54) is 10.9 Å². The van der Waals surface area contributed by atoms with Gasteiger partial charge in [-0.1, -0.05) is 0 Å². The van der Waals surface area contributed by atoms with Crippen LogP contribution in [0, 0.1) is 0 Å². The quantitative estimate of drug-likeness (QED) is 0.785. The Labute approximate surface area is 139 Å². The van der Waals surface area contributed by atoms with E-state index in [1.807, 2.05) is 12.1 Å². The highest BCUT2D eigenvalue weighted by atomic mass is 35.5. The Balaban J connectivity index is 0.00000192. The van der Waals surface area contributed by atoms with Crippen LogP contribution in [-0.2, 0) is 17.8 Å². The molecule has 0 radical (unpaired) electrons. The fourth-order valence-corrected chi connectivity index (χ4v) is 2.39. The van der Waals surface area contributed by atoms with Crippen LogP contribution in [0.5, 0.6) is 0 Å². The molecule has 2 heterocycles. The summed E-state index contributed by atoms with van der Waals surface area (Å²) in [6, 6.07) is 5.62. The molecule has 0 unspecified atom stereocenters. The smallest absolute Gasteiger partial charge is 0.255 e. The average molecular weight is 336 g/mol. The van der Waals surface area contributed by atoms with E-state index in [4.69, 9.17) is 0 Å². The maximum Gasteiger partial charge on any atom is 0.255 e. The Morgan fingerprint density at radius 3 is 3.00 bits per heavy atom. The van der Waals surface area contributed by atoms with Gasteiger partial charge in [0.05, 0.1) is 11.9 Å². The average Bonchev–Trinajstić information content (AvgIpc) is 3.15. The molecular weight excluding hydrogens is 318 g/mol. The van der Waals surface area contributed by atoms with Crippen LogP contribution in [0.15, 0.2) is 30.6 Å². The van der Waals surface area contributed by atoms with Gasteiger partial charge in [-0.15, -0.1) is 12.4 Å². The summed E-state index contributed by atoms with van der Waals surface area (Å²) in [4.78, 5) is 23.5. The summed E-state index contributed by atoms with van der Waals surface area (Å²) >= 11 is 0. The molecule has 7 nitrogen and oxygen atoms in total. The topological polar surface area (TPSA) is 88.0 Å². The number of aromatic nitrogens is 2. The van der Waals surface area contributed by atoms with Crippen LogP contribution in [0.1, 0.15) is 15.9 Å². The van der Waals surface area contributed by atoms with Crippen LogP contribution in [0.4, 0.5) is 11.4 Å². The minimum absolute atomic E-state index is 0. The van der Waals surface area contributed by atoms with Crippen molar-refractivity contribution in [2.45, 2.75) is 13.0 Å². The van der Waals surface area contributed by atoms with Crippen LogP contribution in [0.2, 0.25) is 0 Å². The Hall–Kier alpha value is -2.54. The van der Waals surface area contributed by atoms with Gasteiger partial charge in [0, 0.05) is 31.0 Å². The van der Waals surface area contributed by atoms with Gasteiger partial charge in [0.25, 0.3) is 5.91 Å². The van der Waals surface area contributed by atoms with Crippen LogP contribution in [0.3, 0.4) is 0 Å². The number of carbonyl (C=O) groups excluding carboxylic acids is 2. The van der Waals surface area contributed by atoms with Gasteiger partial charge in [-0.2, -0.15) is 5.10 Å². The lowest BCUT2D eigenvalue weighted by Gasteiger charge is -2.05. The standard InChI is InChI=1S/C15H17N5O2.ClH/c1-16-14(21)9-20-8-12(7-18-20)19-15(22)11-2-3-13-10(6-11)4-5-17-13;/h2-3,6-8,17H,4-5,9H2,1H3,(H,16,21)(H,19,22);1H. The highest BCUT2D eigenvalue weighted by molar-refractivity contribution is 6.04. The third kappa shape index (κ3) is 3.81. The molecule has 0 fully saturated rings. The summed E-state index contributed by atoms with van der Waals surface area (Å²) in [5, 5.41) is 12.6. The highest BCUT2D eigenvalue weighted by Gasteiger charge is 2.14. The van der Waals surface area contributed by atoms with Crippen LogP contribution >= 0.6 is 12.4 Å². The number of benzene rings is 1. The first kappa shape index (κ1) is 16.8. The summed E-state index contributed by atoms with van der Waals surface area (Å²) < 4.78 is 1.47. The normalized spacial score (nSPS) is 11.9. The number of likely N-dealkylation sites (N-methyl/N-ethyl adjacent to an activating group) is 1. The largest absolute Gasteiger partial charge is 0.384 e. The number of fused-ring (bicyclic) bond motifs is 1. The Kier molecular flexibility index (Phi) is 5.23. The Morgan fingerprint density at radius 2 is 2.22 bits per heavy atom. The predicted molar refractivity (Wildman–Crippen MR) is 90.1 cm³/mol. The molecule has 122 valence electrons. The molecule has 3 N–H and O–H groups in total. The van der Waals surface area contributed by atoms with E-state index < -0.39 is 0 Å². The minimum atomic E-state index is -0.186. The monoisotopic (exact) mass is 335 g/mol. The van der Waals surface area contributed by atoms with Crippen LogP contribution in [0.25, 0.3) is 0 Å². The number of amides is 2. The number of anilines is 2. The number of hydrogen-bond acceptors (Lipinski definition) is 4. The summed E-state index contributed by atoms with van der Waals surface area (Å²) in [6.07, 6.45) is 4.08. The zero-order valence-corrected chi connectivity index (χ0v) is 13.4. The zero-order valence-electron chi connectivity index (χ0n) is 12.6. The molecule has 0 spiro atoms. The number of rotatable bonds is 4. The maximum atomic E-state index is 12.3. The summed E-state index contributed by atoms with van der Waals surface area (Å²) in [6.45, 7) is 1.03. The lowest BCUT2D eigenvalue weighted by Crippen LogP contribution is -2.23. The SMILES string of the molecule is CNC(=O)Cn1cc(NC(=O)c2ccc3c(c2)CCN3)cn1.Cl. The molecule has 0 bridgehead atoms.